The van der Waals surface area contributed by atoms with Gasteiger partial charge in [-0.05, 0) is 24.2 Å². The Labute approximate surface area is 70.8 Å². The van der Waals surface area contributed by atoms with E-state index in [9.17, 15) is 0 Å². The van der Waals surface area contributed by atoms with Crippen molar-refractivity contribution in [3.05, 3.63) is 0 Å². The van der Waals surface area contributed by atoms with Crippen molar-refractivity contribution in [2.75, 3.05) is 6.61 Å². The highest BCUT2D eigenvalue weighted by molar-refractivity contribution is 4.66. The normalized spacial score (nSPS) is 19.4. The molecule has 0 heterocycles. The topological polar surface area (TPSA) is 20.2 Å². The molecule has 0 radical (unpaired) electrons. The van der Waals surface area contributed by atoms with Crippen LogP contribution in [0.25, 0.3) is 0 Å². The van der Waals surface area contributed by atoms with Gasteiger partial charge in [0.25, 0.3) is 0 Å². The first-order valence-corrected chi connectivity index (χ1v) is 4.74. The maximum atomic E-state index is 8.74. The van der Waals surface area contributed by atoms with E-state index in [0.717, 1.165) is 18.3 Å². The molecule has 0 aromatic carbocycles. The zero-order valence-electron chi connectivity index (χ0n) is 8.30. The van der Waals surface area contributed by atoms with E-state index in [-0.39, 0.29) is 0 Å². The average Bonchev–Trinajstić information content (AvgIpc) is 2.02. The Hall–Kier alpha value is -0.0400. The summed E-state index contributed by atoms with van der Waals surface area (Å²) in [5.74, 6) is 2.19. The lowest BCUT2D eigenvalue weighted by molar-refractivity contribution is 0.202. The molecular formula is C10H22O. The molecule has 0 fully saturated rings. The Bertz CT molecular complexity index is 90.9. The molecule has 0 aromatic heterocycles. The van der Waals surface area contributed by atoms with Crippen molar-refractivity contribution in [3.8, 4) is 0 Å². The molecule has 68 valence electrons. The van der Waals surface area contributed by atoms with Crippen molar-refractivity contribution >= 4 is 0 Å². The molecule has 11 heavy (non-hydrogen) atoms. The van der Waals surface area contributed by atoms with Crippen LogP contribution in [0.1, 0.15) is 40.5 Å². The Morgan fingerprint density at radius 1 is 1.09 bits per heavy atom. The van der Waals surface area contributed by atoms with E-state index in [4.69, 9.17) is 5.11 Å². The van der Waals surface area contributed by atoms with Crippen molar-refractivity contribution in [1.82, 2.24) is 0 Å². The SMILES string of the molecule is CCC(C)C(C)C(C)CCO. The second kappa shape index (κ2) is 5.59. The number of hydrogen-bond acceptors (Lipinski definition) is 1. The number of hydrogen-bond donors (Lipinski definition) is 1. The molecule has 0 amide bonds. The minimum absolute atomic E-state index is 0.335. The molecule has 0 rings (SSSR count). The summed E-state index contributed by atoms with van der Waals surface area (Å²) < 4.78 is 0. The van der Waals surface area contributed by atoms with Crippen LogP contribution in [0, 0.1) is 17.8 Å². The van der Waals surface area contributed by atoms with E-state index in [2.05, 4.69) is 27.7 Å². The van der Waals surface area contributed by atoms with Gasteiger partial charge in [-0.3, -0.25) is 0 Å². The molecule has 3 unspecified atom stereocenters. The molecule has 0 bridgehead atoms. The molecule has 3 atom stereocenters. The summed E-state index contributed by atoms with van der Waals surface area (Å²) in [5.41, 5.74) is 0. The smallest absolute Gasteiger partial charge is 0.0433 e. The van der Waals surface area contributed by atoms with Crippen LogP contribution in [0.15, 0.2) is 0 Å². The third-order valence-electron chi connectivity index (χ3n) is 3.02. The quantitative estimate of drug-likeness (QED) is 0.652. The van der Waals surface area contributed by atoms with Crippen LogP contribution in [0.3, 0.4) is 0 Å². The second-order valence-corrected chi connectivity index (χ2v) is 3.73. The summed E-state index contributed by atoms with van der Waals surface area (Å²) in [6, 6.07) is 0. The molecule has 0 saturated carbocycles. The van der Waals surface area contributed by atoms with Gasteiger partial charge in [-0.15, -0.1) is 0 Å². The summed E-state index contributed by atoms with van der Waals surface area (Å²) in [4.78, 5) is 0. The Kier molecular flexibility index (Phi) is 5.57. The van der Waals surface area contributed by atoms with Gasteiger partial charge in [-0.2, -0.15) is 0 Å². The van der Waals surface area contributed by atoms with Crippen LogP contribution in [0.4, 0.5) is 0 Å². The molecule has 0 aliphatic rings. The van der Waals surface area contributed by atoms with Crippen molar-refractivity contribution in [1.29, 1.82) is 0 Å². The van der Waals surface area contributed by atoms with E-state index in [1.165, 1.54) is 6.42 Å². The third kappa shape index (κ3) is 3.76. The van der Waals surface area contributed by atoms with Gasteiger partial charge in [0, 0.05) is 6.61 Å². The Morgan fingerprint density at radius 2 is 1.64 bits per heavy atom. The first-order chi connectivity index (χ1) is 5.13. The number of rotatable bonds is 5. The lowest BCUT2D eigenvalue weighted by Gasteiger charge is -2.24. The first-order valence-electron chi connectivity index (χ1n) is 4.74. The van der Waals surface area contributed by atoms with E-state index >= 15 is 0 Å². The van der Waals surface area contributed by atoms with Gasteiger partial charge in [0.05, 0.1) is 0 Å². The zero-order chi connectivity index (χ0) is 8.85. The highest BCUT2D eigenvalue weighted by Gasteiger charge is 2.16. The monoisotopic (exact) mass is 158 g/mol. The van der Waals surface area contributed by atoms with Crippen LogP contribution in [-0.2, 0) is 0 Å². The molecule has 0 spiro atoms. The van der Waals surface area contributed by atoms with E-state index in [1.54, 1.807) is 0 Å². The summed E-state index contributed by atoms with van der Waals surface area (Å²) in [6.45, 7) is 9.37. The van der Waals surface area contributed by atoms with Gasteiger partial charge in [-0.1, -0.05) is 34.1 Å². The van der Waals surface area contributed by atoms with Crippen molar-refractivity contribution in [2.45, 2.75) is 40.5 Å². The lowest BCUT2D eigenvalue weighted by atomic mass is 9.82. The van der Waals surface area contributed by atoms with Crippen LogP contribution in [0.5, 0.6) is 0 Å². The predicted molar refractivity (Wildman–Crippen MR) is 49.5 cm³/mol. The first kappa shape index (κ1) is 11.0. The van der Waals surface area contributed by atoms with Gasteiger partial charge in [0.2, 0.25) is 0 Å². The predicted octanol–water partition coefficient (Wildman–Crippen LogP) is 2.69. The summed E-state index contributed by atoms with van der Waals surface area (Å²) in [5, 5.41) is 8.74. The van der Waals surface area contributed by atoms with Crippen LogP contribution in [0.2, 0.25) is 0 Å². The van der Waals surface area contributed by atoms with Gasteiger partial charge in [-0.25, -0.2) is 0 Å². The van der Waals surface area contributed by atoms with Crippen LogP contribution in [-0.4, -0.2) is 11.7 Å². The molecule has 0 aliphatic carbocycles. The van der Waals surface area contributed by atoms with Crippen molar-refractivity contribution in [3.63, 3.8) is 0 Å². The fraction of sp³-hybridized carbons (Fsp3) is 1.00. The van der Waals surface area contributed by atoms with E-state index in [1.807, 2.05) is 0 Å². The highest BCUT2D eigenvalue weighted by Crippen LogP contribution is 2.24. The maximum absolute atomic E-state index is 8.74. The van der Waals surface area contributed by atoms with Crippen LogP contribution < -0.4 is 0 Å². The van der Waals surface area contributed by atoms with Crippen LogP contribution >= 0.6 is 0 Å². The molecule has 1 nitrogen and oxygen atoms in total. The summed E-state index contributed by atoms with van der Waals surface area (Å²) >= 11 is 0. The average molecular weight is 158 g/mol. The Balaban J connectivity index is 3.70. The Morgan fingerprint density at radius 3 is 2.00 bits per heavy atom. The molecule has 0 aliphatic heterocycles. The van der Waals surface area contributed by atoms with Gasteiger partial charge < -0.3 is 5.11 Å². The zero-order valence-corrected chi connectivity index (χ0v) is 8.30. The largest absolute Gasteiger partial charge is 0.396 e. The van der Waals surface area contributed by atoms with Gasteiger partial charge in [0.1, 0.15) is 0 Å². The lowest BCUT2D eigenvalue weighted by Crippen LogP contribution is -2.16. The summed E-state index contributed by atoms with van der Waals surface area (Å²) in [6.07, 6.45) is 2.20. The second-order valence-electron chi connectivity index (χ2n) is 3.73. The molecule has 0 saturated heterocycles. The van der Waals surface area contributed by atoms with Gasteiger partial charge in [0.15, 0.2) is 0 Å². The third-order valence-corrected chi connectivity index (χ3v) is 3.02. The number of aliphatic hydroxyl groups is 1. The fourth-order valence-electron chi connectivity index (χ4n) is 1.40. The fourth-order valence-corrected chi connectivity index (χ4v) is 1.40. The maximum Gasteiger partial charge on any atom is 0.0433 e. The standard InChI is InChI=1S/C10H22O/c1-5-8(2)10(4)9(3)6-7-11/h8-11H,5-7H2,1-4H3. The minimum Gasteiger partial charge on any atom is -0.396 e. The number of aliphatic hydroxyl groups excluding tert-OH is 1. The summed E-state index contributed by atoms with van der Waals surface area (Å²) in [7, 11) is 0. The molecular weight excluding hydrogens is 136 g/mol. The molecule has 1 heteroatoms. The van der Waals surface area contributed by atoms with Crippen molar-refractivity contribution in [2.24, 2.45) is 17.8 Å². The minimum atomic E-state index is 0.335. The highest BCUT2D eigenvalue weighted by atomic mass is 16.3. The van der Waals surface area contributed by atoms with Gasteiger partial charge >= 0.3 is 0 Å². The molecule has 1 N–H and O–H groups in total. The molecule has 0 aromatic rings. The van der Waals surface area contributed by atoms with E-state index < -0.39 is 0 Å². The van der Waals surface area contributed by atoms with Crippen molar-refractivity contribution < 1.29 is 5.11 Å². The van der Waals surface area contributed by atoms with E-state index in [0.29, 0.717) is 12.5 Å².